The van der Waals surface area contributed by atoms with Gasteiger partial charge in [0.1, 0.15) is 23.6 Å². The Labute approximate surface area is 99.2 Å². The third kappa shape index (κ3) is 4.23. The van der Waals surface area contributed by atoms with Crippen LogP contribution in [0.1, 0.15) is 19.2 Å². The van der Waals surface area contributed by atoms with Gasteiger partial charge in [0.15, 0.2) is 0 Å². The quantitative estimate of drug-likeness (QED) is 0.518. The molecule has 0 aliphatic heterocycles. The summed E-state index contributed by atoms with van der Waals surface area (Å²) in [6.07, 6.45) is 0.381. The Hall–Kier alpha value is -1.89. The minimum Gasteiger partial charge on any atom is -0.384 e. The zero-order valence-electron chi connectivity index (χ0n) is 9.68. The monoisotopic (exact) mass is 239 g/mol. The molecule has 1 heterocycles. The van der Waals surface area contributed by atoms with Gasteiger partial charge in [0.2, 0.25) is 5.91 Å². The Kier molecular flexibility index (Phi) is 4.65. The van der Waals surface area contributed by atoms with Crippen molar-refractivity contribution in [3.05, 3.63) is 11.9 Å². The summed E-state index contributed by atoms with van der Waals surface area (Å²) in [5.74, 6) is 0.664. The fraction of sp³-hybridized carbons (Fsp3) is 0.500. The zero-order valence-corrected chi connectivity index (χ0v) is 9.68. The highest BCUT2D eigenvalue weighted by atomic mass is 16.3. The first-order valence-electron chi connectivity index (χ1n) is 5.37. The lowest BCUT2D eigenvalue weighted by Crippen LogP contribution is -2.34. The van der Waals surface area contributed by atoms with E-state index in [1.165, 1.54) is 6.07 Å². The maximum absolute atomic E-state index is 10.6. The van der Waals surface area contributed by atoms with Crippen molar-refractivity contribution in [3.8, 4) is 0 Å². The first-order chi connectivity index (χ1) is 8.02. The lowest BCUT2D eigenvalue weighted by Gasteiger charge is -2.10. The van der Waals surface area contributed by atoms with E-state index in [2.05, 4.69) is 15.3 Å². The molecule has 0 spiro atoms. The van der Waals surface area contributed by atoms with Crippen LogP contribution in [0.2, 0.25) is 0 Å². The van der Waals surface area contributed by atoms with Crippen LogP contribution in [0.25, 0.3) is 0 Å². The van der Waals surface area contributed by atoms with Gasteiger partial charge in [-0.2, -0.15) is 0 Å². The molecule has 94 valence electrons. The Bertz CT molecular complexity index is 396. The summed E-state index contributed by atoms with van der Waals surface area (Å²) in [4.78, 5) is 18.9. The van der Waals surface area contributed by atoms with Crippen molar-refractivity contribution in [2.45, 2.75) is 25.9 Å². The fourth-order valence-corrected chi connectivity index (χ4v) is 1.25. The molecule has 1 atom stereocenters. The Morgan fingerprint density at radius 3 is 2.88 bits per heavy atom. The van der Waals surface area contributed by atoms with Gasteiger partial charge in [-0.15, -0.1) is 0 Å². The Morgan fingerprint density at radius 1 is 1.59 bits per heavy atom. The van der Waals surface area contributed by atoms with Crippen molar-refractivity contribution in [2.24, 2.45) is 5.73 Å². The molecule has 1 unspecified atom stereocenters. The maximum atomic E-state index is 10.6. The van der Waals surface area contributed by atoms with E-state index in [9.17, 15) is 9.90 Å². The number of anilines is 2. The molecule has 6 N–H and O–H groups in total. The van der Waals surface area contributed by atoms with Crippen LogP contribution in [0.5, 0.6) is 0 Å². The molecule has 0 aliphatic carbocycles. The van der Waals surface area contributed by atoms with Crippen LogP contribution in [0.4, 0.5) is 11.6 Å². The van der Waals surface area contributed by atoms with Gasteiger partial charge in [-0.25, -0.2) is 9.97 Å². The van der Waals surface area contributed by atoms with Crippen molar-refractivity contribution in [1.29, 1.82) is 0 Å². The van der Waals surface area contributed by atoms with Crippen LogP contribution in [-0.4, -0.2) is 33.6 Å². The number of aliphatic hydroxyl groups is 1. The van der Waals surface area contributed by atoms with E-state index in [-0.39, 0.29) is 6.54 Å². The molecule has 7 heteroatoms. The number of primary amides is 1. The summed E-state index contributed by atoms with van der Waals surface area (Å²) in [6.45, 7) is 2.01. The summed E-state index contributed by atoms with van der Waals surface area (Å²) < 4.78 is 0. The topological polar surface area (TPSA) is 127 Å². The molecular formula is C10H17N5O2. The van der Waals surface area contributed by atoms with E-state index in [0.29, 0.717) is 17.5 Å². The highest BCUT2D eigenvalue weighted by Crippen LogP contribution is 2.09. The van der Waals surface area contributed by atoms with Gasteiger partial charge in [-0.1, -0.05) is 6.92 Å². The van der Waals surface area contributed by atoms with Crippen LogP contribution in [0.3, 0.4) is 0 Å². The molecule has 1 aromatic rings. The second-order valence-corrected chi connectivity index (χ2v) is 3.64. The Balaban J connectivity index is 2.67. The molecule has 0 fully saturated rings. The number of nitrogen functional groups attached to an aromatic ring is 1. The highest BCUT2D eigenvalue weighted by Gasteiger charge is 2.10. The van der Waals surface area contributed by atoms with Crippen LogP contribution in [0.15, 0.2) is 6.07 Å². The molecular weight excluding hydrogens is 222 g/mol. The number of hydrogen-bond acceptors (Lipinski definition) is 6. The molecule has 1 rings (SSSR count). The average molecular weight is 239 g/mol. The van der Waals surface area contributed by atoms with E-state index in [1.807, 2.05) is 6.92 Å². The van der Waals surface area contributed by atoms with Gasteiger partial charge in [-0.05, 0) is 6.42 Å². The lowest BCUT2D eigenvalue weighted by atomic mass is 10.3. The van der Waals surface area contributed by atoms with Gasteiger partial charge in [0, 0.05) is 12.5 Å². The summed E-state index contributed by atoms with van der Waals surface area (Å²) in [5.41, 5.74) is 10.5. The SMILES string of the molecule is CCCc1nc(N)cc(NCC(O)C(N)=O)n1. The molecule has 0 aromatic carbocycles. The minimum atomic E-state index is -1.25. The third-order valence-electron chi connectivity index (χ3n) is 2.07. The highest BCUT2D eigenvalue weighted by molar-refractivity contribution is 5.79. The number of nitrogens with zero attached hydrogens (tertiary/aromatic N) is 2. The summed E-state index contributed by atoms with van der Waals surface area (Å²) in [6, 6.07) is 1.53. The second kappa shape index (κ2) is 6.00. The minimum absolute atomic E-state index is 0.00263. The molecule has 0 bridgehead atoms. The molecule has 0 radical (unpaired) electrons. The standard InChI is InChI=1S/C10H17N5O2/c1-2-3-8-14-7(11)4-9(15-8)13-5-6(16)10(12)17/h4,6,16H,2-3,5H2,1H3,(H2,12,17)(H3,11,13,14,15). The van der Waals surface area contributed by atoms with Crippen molar-refractivity contribution >= 4 is 17.5 Å². The van der Waals surface area contributed by atoms with E-state index < -0.39 is 12.0 Å². The number of rotatable bonds is 6. The third-order valence-corrected chi connectivity index (χ3v) is 2.07. The molecule has 7 nitrogen and oxygen atoms in total. The molecule has 0 saturated carbocycles. The number of carbonyl (C=O) groups is 1. The van der Waals surface area contributed by atoms with Gasteiger partial charge in [0.25, 0.3) is 0 Å². The molecule has 0 aliphatic rings. The normalized spacial score (nSPS) is 12.1. The zero-order chi connectivity index (χ0) is 12.8. The van der Waals surface area contributed by atoms with E-state index >= 15 is 0 Å². The fourth-order valence-electron chi connectivity index (χ4n) is 1.25. The Morgan fingerprint density at radius 2 is 2.29 bits per heavy atom. The maximum Gasteiger partial charge on any atom is 0.248 e. The van der Waals surface area contributed by atoms with E-state index in [0.717, 1.165) is 12.8 Å². The number of aromatic nitrogens is 2. The lowest BCUT2D eigenvalue weighted by molar-refractivity contribution is -0.125. The van der Waals surface area contributed by atoms with Crippen LogP contribution in [-0.2, 0) is 11.2 Å². The van der Waals surface area contributed by atoms with Crippen LogP contribution in [0, 0.1) is 0 Å². The number of hydrogen-bond donors (Lipinski definition) is 4. The number of amides is 1. The van der Waals surface area contributed by atoms with E-state index in [1.54, 1.807) is 0 Å². The van der Waals surface area contributed by atoms with Crippen molar-refractivity contribution < 1.29 is 9.90 Å². The van der Waals surface area contributed by atoms with Gasteiger partial charge >= 0.3 is 0 Å². The van der Waals surface area contributed by atoms with Crippen molar-refractivity contribution in [2.75, 3.05) is 17.6 Å². The number of aliphatic hydroxyl groups excluding tert-OH is 1. The predicted molar refractivity (Wildman–Crippen MR) is 64.1 cm³/mol. The van der Waals surface area contributed by atoms with Crippen molar-refractivity contribution in [3.63, 3.8) is 0 Å². The van der Waals surface area contributed by atoms with Crippen molar-refractivity contribution in [1.82, 2.24) is 9.97 Å². The van der Waals surface area contributed by atoms with Gasteiger partial charge < -0.3 is 21.9 Å². The van der Waals surface area contributed by atoms with Crippen LogP contribution >= 0.6 is 0 Å². The number of carbonyl (C=O) groups excluding carboxylic acids is 1. The van der Waals surface area contributed by atoms with E-state index in [4.69, 9.17) is 11.5 Å². The molecule has 1 aromatic heterocycles. The number of aryl methyl sites for hydroxylation is 1. The molecule has 17 heavy (non-hydrogen) atoms. The first kappa shape index (κ1) is 13.2. The number of nitrogens with two attached hydrogens (primary N) is 2. The summed E-state index contributed by atoms with van der Waals surface area (Å²) >= 11 is 0. The summed E-state index contributed by atoms with van der Waals surface area (Å²) in [7, 11) is 0. The first-order valence-corrected chi connectivity index (χ1v) is 5.37. The molecule has 1 amide bonds. The average Bonchev–Trinajstić information content (AvgIpc) is 2.25. The van der Waals surface area contributed by atoms with Crippen LogP contribution < -0.4 is 16.8 Å². The smallest absolute Gasteiger partial charge is 0.248 e. The largest absolute Gasteiger partial charge is 0.384 e. The van der Waals surface area contributed by atoms with Gasteiger partial charge in [0.05, 0.1) is 6.54 Å². The van der Waals surface area contributed by atoms with Gasteiger partial charge in [-0.3, -0.25) is 4.79 Å². The predicted octanol–water partition coefficient (Wildman–Crippen LogP) is -0.731. The summed E-state index contributed by atoms with van der Waals surface area (Å²) in [5, 5.41) is 12.0. The second-order valence-electron chi connectivity index (χ2n) is 3.64. The molecule has 0 saturated heterocycles. The number of nitrogens with one attached hydrogen (secondary N) is 1.